The van der Waals surface area contributed by atoms with E-state index in [2.05, 4.69) is 0 Å². The molecule has 0 spiro atoms. The fraction of sp³-hybridized carbons (Fsp3) is 0.636. The van der Waals surface area contributed by atoms with Crippen LogP contribution in [0.5, 0.6) is 17.2 Å². The van der Waals surface area contributed by atoms with E-state index in [0.29, 0.717) is 61.2 Å². The van der Waals surface area contributed by atoms with Gasteiger partial charge in [0.2, 0.25) is 5.79 Å². The topological polar surface area (TPSA) is 177 Å². The van der Waals surface area contributed by atoms with Gasteiger partial charge in [0.25, 0.3) is 11.7 Å². The Hall–Kier alpha value is -4.51. The van der Waals surface area contributed by atoms with Crippen LogP contribution in [0.15, 0.2) is 77.9 Å². The fourth-order valence-electron chi connectivity index (χ4n) is 10.8. The van der Waals surface area contributed by atoms with Crippen molar-refractivity contribution in [3.05, 3.63) is 77.9 Å². The number of allylic oxidation sites excluding steroid dienone is 3. The molecule has 0 radical (unpaired) electrons. The first-order chi connectivity index (χ1) is 33.4. The number of methoxy groups -OCH3 is 3. The van der Waals surface area contributed by atoms with Crippen molar-refractivity contribution in [3.63, 3.8) is 0 Å². The minimum atomic E-state index is -2.62. The van der Waals surface area contributed by atoms with Crippen LogP contribution in [0.1, 0.15) is 106 Å². The van der Waals surface area contributed by atoms with Crippen molar-refractivity contribution in [3.8, 4) is 17.2 Å². The number of amides is 1. The van der Waals surface area contributed by atoms with Gasteiger partial charge in [-0.2, -0.15) is 0 Å². The molecule has 4 aliphatic rings. The number of nitrogens with zero attached hydrogens (tertiary/aromatic N) is 1. The molecule has 2 saturated heterocycles. The highest BCUT2D eigenvalue weighted by Gasteiger charge is 2.57. The minimum absolute atomic E-state index is 0.0429. The van der Waals surface area contributed by atoms with Crippen LogP contribution in [-0.2, 0) is 42.9 Å². The summed E-state index contributed by atoms with van der Waals surface area (Å²) in [6.45, 7) is 10.3. The van der Waals surface area contributed by atoms with Crippen molar-refractivity contribution in [2.24, 2.45) is 29.6 Å². The summed E-state index contributed by atoms with van der Waals surface area (Å²) >= 11 is 0. The molecule has 3 fully saturated rings. The zero-order chi connectivity index (χ0) is 50.9. The van der Waals surface area contributed by atoms with Gasteiger partial charge in [-0.15, -0.1) is 0 Å². The second kappa shape index (κ2) is 24.7. The van der Waals surface area contributed by atoms with E-state index in [0.717, 1.165) is 10.6 Å². The van der Waals surface area contributed by atoms with Gasteiger partial charge in [0.15, 0.2) is 0 Å². The molecule has 1 amide bonds. The van der Waals surface area contributed by atoms with Crippen LogP contribution in [0.2, 0.25) is 0 Å². The first-order valence-electron chi connectivity index (χ1n) is 25.2. The summed E-state index contributed by atoms with van der Waals surface area (Å²) in [6, 6.07) is 15.7. The number of para-hydroxylation sites is 1. The van der Waals surface area contributed by atoms with Gasteiger partial charge in [-0.3, -0.25) is 14.4 Å². The fourth-order valence-corrected chi connectivity index (χ4v) is 10.8. The number of benzene rings is 2. The zero-order valence-corrected chi connectivity index (χ0v) is 42.4. The largest absolute Gasteiger partial charge is 0.488 e. The predicted molar refractivity (Wildman–Crippen MR) is 260 cm³/mol. The number of aliphatic hydroxyl groups excluding tert-OH is 1. The van der Waals surface area contributed by atoms with Crippen molar-refractivity contribution >= 4 is 23.4 Å². The second-order valence-electron chi connectivity index (χ2n) is 20.1. The number of piperidine rings is 1. The maximum absolute atomic E-state index is 16.4. The Labute approximate surface area is 413 Å². The van der Waals surface area contributed by atoms with Crippen LogP contribution in [0.4, 0.5) is 4.39 Å². The Morgan fingerprint density at radius 3 is 2.14 bits per heavy atom. The number of hydrogen-bond acceptors (Lipinski definition) is 13. The second-order valence-corrected chi connectivity index (χ2v) is 20.1. The molecule has 2 aromatic carbocycles. The van der Waals surface area contributed by atoms with Gasteiger partial charge in [0, 0.05) is 52.0 Å². The normalized spacial score (nSPS) is 36.5. The summed E-state index contributed by atoms with van der Waals surface area (Å²) in [5.41, 5.74) is 0.962. The van der Waals surface area contributed by atoms with Crippen molar-refractivity contribution in [2.45, 2.75) is 166 Å². The molecular formula is C55H76FNO13. The molecule has 15 unspecified atom stereocenters. The number of hydrogen-bond donors (Lipinski definition) is 2. The maximum atomic E-state index is 16.4. The van der Waals surface area contributed by atoms with Crippen molar-refractivity contribution in [2.75, 3.05) is 27.9 Å². The standard InChI is InChI=1S/C55H76FNO13/c1-10-38-27-32(2)49(56)33(3)28-47(65-8)51-48(66-9)29-35(5)55(63,70-51)52(60)53(61)57-25-15-14-18-42(57)54(62)69-50(36(6)43(58)31-44(38)59)34(4)26-37-19-24-45(46(30-37)64-7)68-41-22-20-40(21-23-41)67-39-16-12-11-13-17-39/h11-13,16-17,20-23,26-27,33,35-38,42-43,45-51,58,63H,10,14-15,18-19,24-25,28-31H2,1-9H3/b32-27+,34-26?. The summed E-state index contributed by atoms with van der Waals surface area (Å²) in [5, 5.41) is 24.0. The lowest BCUT2D eigenvalue weighted by molar-refractivity contribution is -0.302. The Bertz CT molecular complexity index is 2130. The average molecular weight is 978 g/mol. The number of ether oxygens (including phenoxy) is 7. The molecule has 2 N–H and O–H groups in total. The Balaban J connectivity index is 1.28. The summed E-state index contributed by atoms with van der Waals surface area (Å²) in [4.78, 5) is 58.5. The monoisotopic (exact) mass is 978 g/mol. The molecule has 3 aliphatic heterocycles. The number of alkyl halides is 1. The van der Waals surface area contributed by atoms with E-state index in [4.69, 9.17) is 33.2 Å². The smallest absolute Gasteiger partial charge is 0.329 e. The SMILES string of the molecule is CCC1/C=C(\C)C(F)C(C)CC(OC)C2OC(O)(C(=O)C(=O)N3CCCCC3C(=O)OC(C(C)=CC3CCC(Oc4ccc(Oc5ccccc5)cc4)C(OC)C3)C(C)C(O)CC1=O)C(C)CC2OC. The lowest BCUT2D eigenvalue weighted by Gasteiger charge is -2.47. The van der Waals surface area contributed by atoms with E-state index in [1.54, 1.807) is 40.9 Å². The van der Waals surface area contributed by atoms with Crippen LogP contribution in [0, 0.1) is 29.6 Å². The number of cyclic esters (lactones) is 1. The number of halogens is 1. The average Bonchev–Trinajstić information content (AvgIpc) is 3.36. The van der Waals surface area contributed by atoms with Crippen molar-refractivity contribution in [1.82, 2.24) is 4.90 Å². The van der Waals surface area contributed by atoms with Gasteiger partial charge in [0.05, 0.1) is 24.4 Å². The van der Waals surface area contributed by atoms with E-state index >= 15 is 4.39 Å². The summed E-state index contributed by atoms with van der Waals surface area (Å²) in [7, 11) is 4.53. The molecule has 2 aromatic rings. The van der Waals surface area contributed by atoms with Gasteiger partial charge in [-0.25, -0.2) is 9.18 Å². The molecular weight excluding hydrogens is 902 g/mol. The number of fused-ring (bicyclic) bond motifs is 3. The molecule has 0 aromatic heterocycles. The van der Waals surface area contributed by atoms with Crippen molar-refractivity contribution < 1.29 is 66.9 Å². The number of aliphatic hydroxyl groups is 2. The first-order valence-corrected chi connectivity index (χ1v) is 25.2. The molecule has 15 atom stereocenters. The van der Waals surface area contributed by atoms with Crippen LogP contribution in [-0.4, -0.2) is 127 Å². The van der Waals surface area contributed by atoms with E-state index in [1.165, 1.54) is 14.2 Å². The van der Waals surface area contributed by atoms with Crippen LogP contribution in [0.25, 0.3) is 0 Å². The predicted octanol–water partition coefficient (Wildman–Crippen LogP) is 8.30. The molecule has 15 heteroatoms. The van der Waals surface area contributed by atoms with Gasteiger partial charge in [-0.05, 0) is 131 Å². The van der Waals surface area contributed by atoms with E-state index < -0.39 is 89.9 Å². The maximum Gasteiger partial charge on any atom is 0.329 e. The highest BCUT2D eigenvalue weighted by atomic mass is 19.1. The van der Waals surface area contributed by atoms with Gasteiger partial charge in [0.1, 0.15) is 53.6 Å². The number of ketones is 2. The van der Waals surface area contributed by atoms with Crippen molar-refractivity contribution in [1.29, 1.82) is 0 Å². The van der Waals surface area contributed by atoms with E-state index in [-0.39, 0.29) is 56.1 Å². The van der Waals surface area contributed by atoms with Gasteiger partial charge in [-0.1, -0.05) is 58.0 Å². The quantitative estimate of drug-likeness (QED) is 0.132. The molecule has 386 valence electrons. The first kappa shape index (κ1) is 54.8. The number of rotatable bonds is 10. The van der Waals surface area contributed by atoms with Gasteiger partial charge < -0.3 is 48.3 Å². The van der Waals surface area contributed by atoms with Crippen LogP contribution in [0.3, 0.4) is 0 Å². The summed E-state index contributed by atoms with van der Waals surface area (Å²) < 4.78 is 58.9. The lowest BCUT2D eigenvalue weighted by atomic mass is 9.81. The number of carbonyl (C=O) groups is 4. The third-order valence-electron chi connectivity index (χ3n) is 15.2. The minimum Gasteiger partial charge on any atom is -0.488 e. The van der Waals surface area contributed by atoms with E-state index in [9.17, 15) is 29.4 Å². The number of carbonyl (C=O) groups excluding carboxylic acids is 4. The van der Waals surface area contributed by atoms with Crippen LogP contribution < -0.4 is 9.47 Å². The highest BCUT2D eigenvalue weighted by molar-refractivity contribution is 6.39. The molecule has 70 heavy (non-hydrogen) atoms. The van der Waals surface area contributed by atoms with Gasteiger partial charge >= 0.3 is 5.97 Å². The molecule has 6 rings (SSSR count). The highest BCUT2D eigenvalue weighted by Crippen LogP contribution is 2.40. The lowest BCUT2D eigenvalue weighted by Crippen LogP contribution is -2.64. The molecule has 3 heterocycles. The Morgan fingerprint density at radius 2 is 1.49 bits per heavy atom. The van der Waals surface area contributed by atoms with E-state index in [1.807, 2.05) is 74.5 Å². The Kier molecular flexibility index (Phi) is 19.4. The molecule has 1 saturated carbocycles. The molecule has 1 aliphatic carbocycles. The third-order valence-corrected chi connectivity index (χ3v) is 15.2. The number of Topliss-reactive ketones (excluding diaryl/α,β-unsaturated/α-hetero) is 2. The third kappa shape index (κ3) is 12.9. The summed E-state index contributed by atoms with van der Waals surface area (Å²) in [5.74, 6) is -7.10. The Morgan fingerprint density at radius 1 is 0.843 bits per heavy atom. The summed E-state index contributed by atoms with van der Waals surface area (Å²) in [6.07, 6.45) is 0.0719. The molecule has 14 nitrogen and oxygen atoms in total. The van der Waals surface area contributed by atoms with Crippen LogP contribution >= 0.6 is 0 Å². The number of esters is 1. The molecule has 2 bridgehead atoms. The zero-order valence-electron chi connectivity index (χ0n) is 42.4.